The predicted octanol–water partition coefficient (Wildman–Crippen LogP) is 7.03. The Morgan fingerprint density at radius 3 is 2.54 bits per heavy atom. The van der Waals surface area contributed by atoms with Gasteiger partial charge in [0.05, 0.1) is 23.0 Å². The van der Waals surface area contributed by atoms with Crippen molar-refractivity contribution in [3.8, 4) is 5.75 Å². The maximum atomic E-state index is 11.8. The minimum atomic E-state index is -0.970. The van der Waals surface area contributed by atoms with Gasteiger partial charge in [0.15, 0.2) is 0 Å². The van der Waals surface area contributed by atoms with Crippen molar-refractivity contribution in [3.63, 3.8) is 0 Å². The average molecular weight is 495 g/mol. The molecule has 1 unspecified atom stereocenters. The van der Waals surface area contributed by atoms with Crippen LogP contribution < -0.4 is 4.74 Å². The number of ether oxygens (including phenoxy) is 1. The van der Waals surface area contributed by atoms with E-state index in [0.717, 1.165) is 64.7 Å². The van der Waals surface area contributed by atoms with Crippen molar-refractivity contribution >= 4 is 23.1 Å². The lowest BCUT2D eigenvalue weighted by Crippen LogP contribution is -2.19. The van der Waals surface area contributed by atoms with Gasteiger partial charge in [-0.1, -0.05) is 66.9 Å². The first-order valence-electron chi connectivity index (χ1n) is 12.7. The van der Waals surface area contributed by atoms with Crippen LogP contribution in [0.4, 0.5) is 0 Å². The number of carbonyl (C=O) groups is 1. The van der Waals surface area contributed by atoms with E-state index in [1.165, 1.54) is 12.6 Å². The van der Waals surface area contributed by atoms with E-state index >= 15 is 0 Å². The lowest BCUT2D eigenvalue weighted by Gasteiger charge is -2.32. The van der Waals surface area contributed by atoms with Gasteiger partial charge in [0.2, 0.25) is 0 Å². The Kier molecular flexibility index (Phi) is 7.45. The molecule has 0 radical (unpaired) electrons. The van der Waals surface area contributed by atoms with Crippen LogP contribution in [0.15, 0.2) is 84.0 Å². The summed E-state index contributed by atoms with van der Waals surface area (Å²) in [7, 11) is 0. The number of benzene rings is 3. The van der Waals surface area contributed by atoms with Crippen molar-refractivity contribution in [2.45, 2.75) is 44.6 Å². The van der Waals surface area contributed by atoms with E-state index < -0.39 is 5.97 Å². The Bertz CT molecular complexity index is 1410. The highest BCUT2D eigenvalue weighted by molar-refractivity contribution is 5.90. The van der Waals surface area contributed by atoms with Crippen molar-refractivity contribution in [2.75, 3.05) is 0 Å². The summed E-state index contributed by atoms with van der Waals surface area (Å²) in [6.45, 7) is 0.369. The zero-order chi connectivity index (χ0) is 25.6. The molecule has 0 amide bonds. The highest BCUT2D eigenvalue weighted by Crippen LogP contribution is 2.42. The number of aromatic nitrogens is 1. The van der Waals surface area contributed by atoms with Crippen LogP contribution in [0.5, 0.6) is 5.75 Å². The number of aromatic carboxylic acids is 1. The first-order chi connectivity index (χ1) is 18.1. The maximum Gasteiger partial charge on any atom is 0.335 e. The first-order valence-corrected chi connectivity index (χ1v) is 12.7. The SMILES string of the molecule is O=C(O)c1ccc(/C=N\O)c(C(c2ccc(OCc3ccc4ccccc4n3)cc2)C2CCCCC2)c1. The largest absolute Gasteiger partial charge is 0.487 e. The molecule has 0 spiro atoms. The second-order valence-corrected chi connectivity index (χ2v) is 9.62. The molecule has 37 heavy (non-hydrogen) atoms. The lowest BCUT2D eigenvalue weighted by atomic mass is 9.72. The number of hydrogen-bond acceptors (Lipinski definition) is 5. The Hall–Kier alpha value is -4.19. The number of oxime groups is 1. The van der Waals surface area contributed by atoms with Crippen molar-refractivity contribution in [1.29, 1.82) is 0 Å². The third-order valence-electron chi connectivity index (χ3n) is 7.27. The third-order valence-corrected chi connectivity index (χ3v) is 7.27. The number of carboxylic acids is 1. The van der Waals surface area contributed by atoms with Gasteiger partial charge in [-0.2, -0.15) is 0 Å². The number of para-hydroxylation sites is 1. The van der Waals surface area contributed by atoms with Gasteiger partial charge in [-0.25, -0.2) is 9.78 Å². The van der Waals surface area contributed by atoms with E-state index in [9.17, 15) is 15.1 Å². The summed E-state index contributed by atoms with van der Waals surface area (Å²) in [6.07, 6.45) is 7.07. The molecule has 3 aromatic carbocycles. The minimum Gasteiger partial charge on any atom is -0.487 e. The van der Waals surface area contributed by atoms with Crippen molar-refractivity contribution in [3.05, 3.63) is 107 Å². The van der Waals surface area contributed by atoms with Gasteiger partial charge >= 0.3 is 5.97 Å². The molecule has 1 atom stereocenters. The monoisotopic (exact) mass is 494 g/mol. The van der Waals surface area contributed by atoms with Gasteiger partial charge in [-0.15, -0.1) is 0 Å². The zero-order valence-electron chi connectivity index (χ0n) is 20.6. The molecule has 0 saturated heterocycles. The molecule has 1 fully saturated rings. The molecule has 188 valence electrons. The molecular weight excluding hydrogens is 464 g/mol. The van der Waals surface area contributed by atoms with Crippen molar-refractivity contribution < 1.29 is 19.8 Å². The topological polar surface area (TPSA) is 92.0 Å². The van der Waals surface area contributed by atoms with Crippen LogP contribution in [-0.4, -0.2) is 27.5 Å². The normalized spacial score (nSPS) is 15.1. The average Bonchev–Trinajstić information content (AvgIpc) is 2.94. The van der Waals surface area contributed by atoms with Gasteiger partial charge in [-0.05, 0) is 71.8 Å². The van der Waals surface area contributed by atoms with E-state index in [-0.39, 0.29) is 11.5 Å². The Balaban J connectivity index is 1.42. The fraction of sp³-hybridized carbons (Fsp3) is 0.258. The van der Waals surface area contributed by atoms with Gasteiger partial charge in [0.25, 0.3) is 0 Å². The van der Waals surface area contributed by atoms with Crippen molar-refractivity contribution in [1.82, 2.24) is 4.98 Å². The van der Waals surface area contributed by atoms with Crippen LogP contribution in [-0.2, 0) is 6.61 Å². The smallest absolute Gasteiger partial charge is 0.335 e. The molecule has 6 heteroatoms. The van der Waals surface area contributed by atoms with Crippen molar-refractivity contribution in [2.24, 2.45) is 11.1 Å². The second-order valence-electron chi connectivity index (χ2n) is 9.62. The van der Waals surface area contributed by atoms with E-state index in [2.05, 4.69) is 28.3 Å². The molecule has 0 aliphatic heterocycles. The summed E-state index contributed by atoms with van der Waals surface area (Å²) in [5.74, 6) is 0.140. The van der Waals surface area contributed by atoms with E-state index in [4.69, 9.17) is 4.74 Å². The molecule has 2 N–H and O–H groups in total. The fourth-order valence-corrected chi connectivity index (χ4v) is 5.45. The molecule has 1 aromatic heterocycles. The number of rotatable bonds is 8. The summed E-state index contributed by atoms with van der Waals surface area (Å²) in [5.41, 5.74) is 4.73. The zero-order valence-corrected chi connectivity index (χ0v) is 20.6. The third kappa shape index (κ3) is 5.64. The van der Waals surface area contributed by atoms with E-state index in [1.54, 1.807) is 18.2 Å². The predicted molar refractivity (Wildman–Crippen MR) is 144 cm³/mol. The summed E-state index contributed by atoms with van der Waals surface area (Å²) in [4.78, 5) is 16.4. The first kappa shape index (κ1) is 24.5. The van der Waals surface area contributed by atoms with Crippen LogP contribution in [0, 0.1) is 5.92 Å². The Labute approximate surface area is 216 Å². The molecule has 1 aliphatic rings. The minimum absolute atomic E-state index is 0.0104. The molecular formula is C31H30N2O4. The van der Waals surface area contributed by atoms with Crippen LogP contribution in [0.1, 0.15) is 70.8 Å². The molecule has 0 bridgehead atoms. The summed E-state index contributed by atoms with van der Waals surface area (Å²) in [5, 5.41) is 23.2. The second kappa shape index (κ2) is 11.2. The van der Waals surface area contributed by atoms with Crippen LogP contribution in [0.2, 0.25) is 0 Å². The molecule has 1 aliphatic carbocycles. The van der Waals surface area contributed by atoms with Crippen LogP contribution in [0.25, 0.3) is 10.9 Å². The summed E-state index contributed by atoms with van der Waals surface area (Å²) >= 11 is 0. The van der Waals surface area contributed by atoms with E-state index in [0.29, 0.717) is 12.5 Å². The van der Waals surface area contributed by atoms with Gasteiger partial charge < -0.3 is 15.1 Å². The number of pyridine rings is 1. The number of fused-ring (bicyclic) bond motifs is 1. The number of nitrogens with zero attached hydrogens (tertiary/aromatic N) is 2. The lowest BCUT2D eigenvalue weighted by molar-refractivity contribution is 0.0696. The van der Waals surface area contributed by atoms with Gasteiger partial charge in [0.1, 0.15) is 12.4 Å². The Morgan fingerprint density at radius 2 is 1.78 bits per heavy atom. The highest BCUT2D eigenvalue weighted by atomic mass is 16.5. The summed E-state index contributed by atoms with van der Waals surface area (Å²) < 4.78 is 6.05. The molecule has 4 aromatic rings. The number of hydrogen-bond donors (Lipinski definition) is 2. The summed E-state index contributed by atoms with van der Waals surface area (Å²) in [6, 6.07) is 25.1. The molecule has 1 heterocycles. The maximum absolute atomic E-state index is 11.8. The van der Waals surface area contributed by atoms with E-state index in [1.807, 2.05) is 42.5 Å². The molecule has 5 rings (SSSR count). The fourth-order valence-electron chi connectivity index (χ4n) is 5.45. The highest BCUT2D eigenvalue weighted by Gasteiger charge is 2.29. The van der Waals surface area contributed by atoms with Crippen LogP contribution >= 0.6 is 0 Å². The molecule has 1 saturated carbocycles. The standard InChI is InChI=1S/C31H30N2O4/c34-31(35)24-10-11-25(19-32-36)28(18-24)30(22-7-2-1-3-8-22)23-13-16-27(17-14-23)37-20-26-15-12-21-6-4-5-9-29(21)33-26/h4-6,9-19,22,30,36H,1-3,7-8,20H2,(H,34,35)/b32-19-. The Morgan fingerprint density at radius 1 is 1.00 bits per heavy atom. The van der Waals surface area contributed by atoms with Gasteiger partial charge in [-0.3, -0.25) is 0 Å². The molecule has 6 nitrogen and oxygen atoms in total. The van der Waals surface area contributed by atoms with Crippen LogP contribution in [0.3, 0.4) is 0 Å². The number of carboxylic acid groups (broad SMARTS) is 1. The van der Waals surface area contributed by atoms with Gasteiger partial charge in [0, 0.05) is 11.3 Å². The quantitative estimate of drug-likeness (QED) is 0.156.